The van der Waals surface area contributed by atoms with E-state index < -0.39 is 0 Å². The molecule has 1 aromatic rings. The van der Waals surface area contributed by atoms with Gasteiger partial charge in [0.25, 0.3) is 0 Å². The Kier molecular flexibility index (Phi) is 6.38. The lowest BCUT2D eigenvalue weighted by atomic mass is 10.4. The molecule has 0 unspecified atom stereocenters. The Morgan fingerprint density at radius 1 is 1.06 bits per heavy atom. The average Bonchev–Trinajstić information content (AvgIpc) is 2.28. The highest BCUT2D eigenvalue weighted by molar-refractivity contribution is 7.98. The van der Waals surface area contributed by atoms with E-state index in [0.717, 1.165) is 30.8 Å². The van der Waals surface area contributed by atoms with Crippen molar-refractivity contribution in [2.75, 3.05) is 24.2 Å². The van der Waals surface area contributed by atoms with Gasteiger partial charge in [-0.05, 0) is 19.1 Å². The van der Waals surface area contributed by atoms with Crippen LogP contribution in [0.5, 0.6) is 0 Å². The molecule has 0 aliphatic heterocycles. The van der Waals surface area contributed by atoms with Crippen LogP contribution in [0.2, 0.25) is 10.3 Å². The quantitative estimate of drug-likeness (QED) is 0.582. The summed E-state index contributed by atoms with van der Waals surface area (Å²) in [5.74, 6) is 0.626. The predicted molar refractivity (Wildman–Crippen MR) is 76.6 cm³/mol. The molecular formula is C11H17Cl2N3S. The highest BCUT2D eigenvalue weighted by Crippen LogP contribution is 2.31. The molecule has 1 rings (SSSR count). The van der Waals surface area contributed by atoms with Gasteiger partial charge in [0.1, 0.15) is 10.3 Å². The topological polar surface area (TPSA) is 29.0 Å². The molecule has 1 aromatic heterocycles. The smallest absolute Gasteiger partial charge is 0.228 e. The lowest BCUT2D eigenvalue weighted by Gasteiger charge is -2.21. The van der Waals surface area contributed by atoms with Crippen LogP contribution in [0.4, 0.5) is 5.95 Å². The predicted octanol–water partition coefficient (Wildman–Crippen LogP) is 4.13. The normalized spacial score (nSPS) is 10.6. The molecule has 0 aromatic carbocycles. The van der Waals surface area contributed by atoms with Crippen molar-refractivity contribution in [3.05, 3.63) is 10.3 Å². The highest BCUT2D eigenvalue weighted by atomic mass is 35.5. The summed E-state index contributed by atoms with van der Waals surface area (Å²) in [6.45, 7) is 6.09. The lowest BCUT2D eigenvalue weighted by molar-refractivity contribution is 0.719. The number of thioether (sulfide) groups is 1. The fraction of sp³-hybridized carbons (Fsp3) is 0.636. The van der Waals surface area contributed by atoms with Gasteiger partial charge in [0, 0.05) is 13.1 Å². The van der Waals surface area contributed by atoms with E-state index in [1.807, 2.05) is 6.26 Å². The Morgan fingerprint density at radius 2 is 1.53 bits per heavy atom. The van der Waals surface area contributed by atoms with Crippen LogP contribution in [0, 0.1) is 0 Å². The second kappa shape index (κ2) is 7.29. The number of halogens is 2. The maximum absolute atomic E-state index is 6.10. The second-order valence-corrected chi connectivity index (χ2v) is 5.16. The summed E-state index contributed by atoms with van der Waals surface area (Å²) in [5, 5.41) is 0.870. The van der Waals surface area contributed by atoms with Gasteiger partial charge in [0.2, 0.25) is 5.95 Å². The Hall–Kier alpha value is -0.190. The van der Waals surface area contributed by atoms with Crippen molar-refractivity contribution in [1.82, 2.24) is 9.97 Å². The number of anilines is 1. The van der Waals surface area contributed by atoms with Crippen molar-refractivity contribution in [1.29, 1.82) is 0 Å². The molecule has 0 atom stereocenters. The molecule has 0 amide bonds. The minimum Gasteiger partial charge on any atom is -0.341 e. The number of hydrogen-bond donors (Lipinski definition) is 0. The van der Waals surface area contributed by atoms with Crippen LogP contribution in [0.25, 0.3) is 0 Å². The van der Waals surface area contributed by atoms with E-state index in [9.17, 15) is 0 Å². The summed E-state index contributed by atoms with van der Waals surface area (Å²) in [4.78, 5) is 11.5. The molecule has 0 N–H and O–H groups in total. The third-order valence-electron chi connectivity index (χ3n) is 2.25. The average molecular weight is 294 g/mol. The zero-order chi connectivity index (χ0) is 12.8. The van der Waals surface area contributed by atoms with Gasteiger partial charge in [-0.25, -0.2) is 0 Å². The number of rotatable bonds is 6. The first-order chi connectivity index (χ1) is 8.13. The van der Waals surface area contributed by atoms with Gasteiger partial charge in [-0.2, -0.15) is 9.97 Å². The van der Waals surface area contributed by atoms with Crippen molar-refractivity contribution in [2.24, 2.45) is 0 Å². The van der Waals surface area contributed by atoms with Gasteiger partial charge in [0.15, 0.2) is 0 Å². The molecule has 17 heavy (non-hydrogen) atoms. The maximum atomic E-state index is 6.10. The van der Waals surface area contributed by atoms with E-state index in [2.05, 4.69) is 28.7 Å². The van der Waals surface area contributed by atoms with Gasteiger partial charge in [-0.15, -0.1) is 11.8 Å². The molecule has 0 bridgehead atoms. The molecule has 0 saturated carbocycles. The van der Waals surface area contributed by atoms with Gasteiger partial charge in [-0.1, -0.05) is 37.0 Å². The fourth-order valence-electron chi connectivity index (χ4n) is 1.55. The number of aromatic nitrogens is 2. The van der Waals surface area contributed by atoms with Gasteiger partial charge >= 0.3 is 0 Å². The van der Waals surface area contributed by atoms with Gasteiger partial charge in [0.05, 0.1) is 4.90 Å². The van der Waals surface area contributed by atoms with Crippen LogP contribution < -0.4 is 4.90 Å². The molecule has 6 heteroatoms. The molecule has 0 aliphatic carbocycles. The number of hydrogen-bond acceptors (Lipinski definition) is 4. The van der Waals surface area contributed by atoms with E-state index >= 15 is 0 Å². The Morgan fingerprint density at radius 3 is 1.88 bits per heavy atom. The standard InChI is InChI=1S/C11H17Cl2N3S/c1-4-6-16(7-5-2)11-14-9(12)8(17-3)10(13)15-11/h4-7H2,1-3H3. The zero-order valence-electron chi connectivity index (χ0n) is 10.3. The summed E-state index contributed by atoms with van der Waals surface area (Å²) in [5.41, 5.74) is 0. The first-order valence-electron chi connectivity index (χ1n) is 5.66. The molecule has 0 spiro atoms. The molecule has 0 radical (unpaired) electrons. The molecule has 0 aliphatic rings. The first kappa shape index (κ1) is 14.9. The lowest BCUT2D eigenvalue weighted by Crippen LogP contribution is -2.27. The molecular weight excluding hydrogens is 277 g/mol. The van der Waals surface area contributed by atoms with E-state index in [0.29, 0.717) is 16.3 Å². The maximum Gasteiger partial charge on any atom is 0.228 e. The van der Waals surface area contributed by atoms with Crippen molar-refractivity contribution in [3.63, 3.8) is 0 Å². The van der Waals surface area contributed by atoms with Crippen molar-refractivity contribution in [2.45, 2.75) is 31.6 Å². The van der Waals surface area contributed by atoms with Crippen LogP contribution in [0.3, 0.4) is 0 Å². The fourth-order valence-corrected chi connectivity index (χ4v) is 2.82. The third kappa shape index (κ3) is 3.90. The molecule has 96 valence electrons. The monoisotopic (exact) mass is 293 g/mol. The van der Waals surface area contributed by atoms with E-state index in [-0.39, 0.29) is 0 Å². The van der Waals surface area contributed by atoms with Crippen molar-refractivity contribution < 1.29 is 0 Å². The first-order valence-corrected chi connectivity index (χ1v) is 7.64. The summed E-state index contributed by atoms with van der Waals surface area (Å²) < 4.78 is 0. The SMILES string of the molecule is CCCN(CCC)c1nc(Cl)c(SC)c(Cl)n1. The summed E-state index contributed by atoms with van der Waals surface area (Å²) >= 11 is 13.7. The van der Waals surface area contributed by atoms with Crippen molar-refractivity contribution in [3.8, 4) is 0 Å². The van der Waals surface area contributed by atoms with Crippen LogP contribution in [0.1, 0.15) is 26.7 Å². The van der Waals surface area contributed by atoms with Crippen LogP contribution in [-0.2, 0) is 0 Å². The largest absolute Gasteiger partial charge is 0.341 e. The molecule has 3 nitrogen and oxygen atoms in total. The minimum atomic E-state index is 0.435. The number of nitrogens with zero attached hydrogens (tertiary/aromatic N) is 3. The summed E-state index contributed by atoms with van der Waals surface area (Å²) in [6.07, 6.45) is 4.00. The molecule has 0 fully saturated rings. The van der Waals surface area contributed by atoms with Crippen LogP contribution in [0.15, 0.2) is 4.90 Å². The van der Waals surface area contributed by atoms with E-state index in [1.165, 1.54) is 11.8 Å². The zero-order valence-corrected chi connectivity index (χ0v) is 12.7. The van der Waals surface area contributed by atoms with Gasteiger partial charge in [-0.3, -0.25) is 0 Å². The van der Waals surface area contributed by atoms with Crippen LogP contribution >= 0.6 is 35.0 Å². The Balaban J connectivity index is 3.03. The molecule has 0 saturated heterocycles. The Labute approximate surface area is 117 Å². The highest BCUT2D eigenvalue weighted by Gasteiger charge is 2.14. The molecule has 1 heterocycles. The summed E-state index contributed by atoms with van der Waals surface area (Å²) in [6, 6.07) is 0. The van der Waals surface area contributed by atoms with Crippen LogP contribution in [-0.4, -0.2) is 29.3 Å². The Bertz CT molecular complexity index is 345. The van der Waals surface area contributed by atoms with E-state index in [4.69, 9.17) is 23.2 Å². The minimum absolute atomic E-state index is 0.435. The van der Waals surface area contributed by atoms with E-state index in [1.54, 1.807) is 0 Å². The van der Waals surface area contributed by atoms with Gasteiger partial charge < -0.3 is 4.90 Å². The summed E-state index contributed by atoms with van der Waals surface area (Å²) in [7, 11) is 0. The third-order valence-corrected chi connectivity index (χ3v) is 3.81. The second-order valence-electron chi connectivity index (χ2n) is 3.63. The van der Waals surface area contributed by atoms with Crippen molar-refractivity contribution >= 4 is 40.9 Å².